The zero-order valence-electron chi connectivity index (χ0n) is 18.7. The van der Waals surface area contributed by atoms with Gasteiger partial charge in [0, 0.05) is 30.1 Å². The van der Waals surface area contributed by atoms with E-state index in [9.17, 15) is 9.65 Å². The predicted molar refractivity (Wildman–Crippen MR) is 128 cm³/mol. The first-order chi connectivity index (χ1) is 16.6. The van der Waals surface area contributed by atoms with Crippen LogP contribution in [0.1, 0.15) is 12.0 Å². The van der Waals surface area contributed by atoms with Crippen LogP contribution in [-0.4, -0.2) is 37.4 Å². The topological polar surface area (TPSA) is 84.3 Å². The first-order valence-corrected chi connectivity index (χ1v) is 11.3. The number of nitrogens with zero attached hydrogens (tertiary/aromatic N) is 6. The van der Waals surface area contributed by atoms with Gasteiger partial charge in [0.2, 0.25) is 0 Å². The van der Waals surface area contributed by atoms with Gasteiger partial charge in [-0.1, -0.05) is 12.1 Å². The highest BCUT2D eigenvalue weighted by molar-refractivity contribution is 6.00. The molecule has 0 aliphatic carbocycles. The molecule has 0 bridgehead atoms. The van der Waals surface area contributed by atoms with E-state index in [1.165, 1.54) is 12.1 Å². The Bertz CT molecular complexity index is 1580. The Balaban J connectivity index is 1.56. The van der Waals surface area contributed by atoms with Crippen molar-refractivity contribution in [3.8, 4) is 28.5 Å². The number of rotatable bonds is 4. The molecule has 3 aromatic heterocycles. The lowest BCUT2D eigenvalue weighted by atomic mass is 9.96. The van der Waals surface area contributed by atoms with Crippen LogP contribution in [0, 0.1) is 23.1 Å². The third-order valence-corrected chi connectivity index (χ3v) is 6.68. The highest BCUT2D eigenvalue weighted by Gasteiger charge is 2.21. The number of imidazole rings is 1. The van der Waals surface area contributed by atoms with E-state index < -0.39 is 5.82 Å². The fourth-order valence-electron chi connectivity index (χ4n) is 4.88. The van der Waals surface area contributed by atoms with Gasteiger partial charge >= 0.3 is 0 Å². The zero-order chi connectivity index (χ0) is 23.2. The molecule has 1 saturated heterocycles. The van der Waals surface area contributed by atoms with E-state index in [0.29, 0.717) is 11.5 Å². The standard InChI is InChI=1S/C26H22FN7/c1-33-22-5-4-18(8-20(22)12-32-33)25-24(17-2-3-19(10-28)21(27)9-17)26-23(13-30-25)34(15-31-26)14-16-6-7-29-11-16/h2-5,8-9,12-13,15-16,29H,6-7,11,14H2,1H3/t16-/m1/s1. The molecule has 0 amide bonds. The maximum absolute atomic E-state index is 14.7. The SMILES string of the molecule is Cn1ncc2cc(-c3ncc4c(ncn4C[C@@H]4CCNC4)c3-c3ccc(C#N)c(F)c3)ccc21. The number of hydrogen-bond acceptors (Lipinski definition) is 5. The molecule has 34 heavy (non-hydrogen) atoms. The van der Waals surface area contributed by atoms with Crippen LogP contribution in [-0.2, 0) is 13.6 Å². The number of aromatic nitrogens is 5. The molecule has 5 aromatic rings. The second-order valence-electron chi connectivity index (χ2n) is 8.82. The van der Waals surface area contributed by atoms with E-state index in [2.05, 4.69) is 15.0 Å². The summed E-state index contributed by atoms with van der Waals surface area (Å²) >= 11 is 0. The monoisotopic (exact) mass is 451 g/mol. The molecule has 0 radical (unpaired) electrons. The molecule has 1 fully saturated rings. The van der Waals surface area contributed by atoms with Crippen molar-refractivity contribution >= 4 is 21.9 Å². The number of fused-ring (bicyclic) bond motifs is 2. The summed E-state index contributed by atoms with van der Waals surface area (Å²) in [5, 5.41) is 17.9. The van der Waals surface area contributed by atoms with Crippen LogP contribution in [0.15, 0.2) is 55.1 Å². The largest absolute Gasteiger partial charge is 0.329 e. The van der Waals surface area contributed by atoms with Crippen LogP contribution < -0.4 is 5.32 Å². The molecule has 168 valence electrons. The quantitative estimate of drug-likeness (QED) is 0.441. The third-order valence-electron chi connectivity index (χ3n) is 6.68. The number of hydrogen-bond donors (Lipinski definition) is 1. The smallest absolute Gasteiger partial charge is 0.141 e. The molecule has 2 aromatic carbocycles. The molecule has 0 spiro atoms. The molecule has 8 heteroatoms. The number of aryl methyl sites for hydroxylation is 1. The van der Waals surface area contributed by atoms with E-state index in [0.717, 1.165) is 64.8 Å². The average molecular weight is 452 g/mol. The van der Waals surface area contributed by atoms with Crippen molar-refractivity contribution in [2.75, 3.05) is 13.1 Å². The summed E-state index contributed by atoms with van der Waals surface area (Å²) in [5.41, 5.74) is 5.74. The zero-order valence-corrected chi connectivity index (χ0v) is 18.7. The summed E-state index contributed by atoms with van der Waals surface area (Å²) in [7, 11) is 1.91. The molecule has 4 heterocycles. The summed E-state index contributed by atoms with van der Waals surface area (Å²) in [6.07, 6.45) is 6.66. The van der Waals surface area contributed by atoms with Crippen LogP contribution >= 0.6 is 0 Å². The van der Waals surface area contributed by atoms with Crippen molar-refractivity contribution in [1.29, 1.82) is 5.26 Å². The van der Waals surface area contributed by atoms with Crippen LogP contribution in [0.25, 0.3) is 44.3 Å². The normalized spacial score (nSPS) is 15.9. The number of benzene rings is 2. The van der Waals surface area contributed by atoms with Gasteiger partial charge in [0.25, 0.3) is 0 Å². The molecule has 1 atom stereocenters. The van der Waals surface area contributed by atoms with Crippen molar-refractivity contribution < 1.29 is 4.39 Å². The molecule has 1 N–H and O–H groups in total. The first-order valence-electron chi connectivity index (χ1n) is 11.3. The summed E-state index contributed by atoms with van der Waals surface area (Å²) in [6, 6.07) is 12.6. The third kappa shape index (κ3) is 3.33. The Morgan fingerprint density at radius 1 is 1.12 bits per heavy atom. The summed E-state index contributed by atoms with van der Waals surface area (Å²) in [5.74, 6) is -0.0111. The van der Waals surface area contributed by atoms with Gasteiger partial charge < -0.3 is 9.88 Å². The van der Waals surface area contributed by atoms with E-state index >= 15 is 0 Å². The number of nitrogens with one attached hydrogen (secondary N) is 1. The molecule has 0 saturated carbocycles. The minimum absolute atomic E-state index is 0.0153. The predicted octanol–water partition coefficient (Wildman–Crippen LogP) is 4.27. The maximum atomic E-state index is 14.7. The highest BCUT2D eigenvalue weighted by Crippen LogP contribution is 2.37. The Labute approximate surface area is 195 Å². The number of nitriles is 1. The fourth-order valence-corrected chi connectivity index (χ4v) is 4.88. The molecular weight excluding hydrogens is 429 g/mol. The highest BCUT2D eigenvalue weighted by atomic mass is 19.1. The van der Waals surface area contributed by atoms with Crippen LogP contribution in [0.4, 0.5) is 4.39 Å². The van der Waals surface area contributed by atoms with Gasteiger partial charge in [0.05, 0.1) is 41.0 Å². The second-order valence-corrected chi connectivity index (χ2v) is 8.82. The molecule has 1 aliphatic rings. The van der Waals surface area contributed by atoms with Crippen molar-refractivity contribution in [2.24, 2.45) is 13.0 Å². The molecule has 0 unspecified atom stereocenters. The maximum Gasteiger partial charge on any atom is 0.141 e. The van der Waals surface area contributed by atoms with Crippen molar-refractivity contribution in [2.45, 2.75) is 13.0 Å². The second kappa shape index (κ2) is 8.04. The van der Waals surface area contributed by atoms with Gasteiger partial charge in [-0.3, -0.25) is 9.67 Å². The van der Waals surface area contributed by atoms with Gasteiger partial charge in [-0.25, -0.2) is 9.37 Å². The minimum atomic E-state index is -0.554. The van der Waals surface area contributed by atoms with Crippen molar-refractivity contribution in [1.82, 2.24) is 29.6 Å². The Hall–Kier alpha value is -4.09. The van der Waals surface area contributed by atoms with Crippen molar-refractivity contribution in [3.63, 3.8) is 0 Å². The fraction of sp³-hybridized carbons (Fsp3) is 0.231. The Morgan fingerprint density at radius 2 is 2.00 bits per heavy atom. The lowest BCUT2D eigenvalue weighted by Crippen LogP contribution is -2.14. The first kappa shape index (κ1) is 20.5. The summed E-state index contributed by atoms with van der Waals surface area (Å²) < 4.78 is 18.6. The summed E-state index contributed by atoms with van der Waals surface area (Å²) in [6.45, 7) is 2.88. The van der Waals surface area contributed by atoms with Crippen LogP contribution in [0.3, 0.4) is 0 Å². The van der Waals surface area contributed by atoms with Gasteiger partial charge in [-0.05, 0) is 55.3 Å². The van der Waals surface area contributed by atoms with Gasteiger partial charge in [-0.2, -0.15) is 10.4 Å². The van der Waals surface area contributed by atoms with Gasteiger partial charge in [-0.15, -0.1) is 0 Å². The lowest BCUT2D eigenvalue weighted by molar-refractivity contribution is 0.489. The number of halogens is 1. The lowest BCUT2D eigenvalue weighted by Gasteiger charge is -2.13. The minimum Gasteiger partial charge on any atom is -0.329 e. The molecule has 6 rings (SSSR count). The molecular formula is C26H22FN7. The molecule has 1 aliphatic heterocycles. The number of pyridine rings is 1. The average Bonchev–Trinajstić information content (AvgIpc) is 3.60. The van der Waals surface area contributed by atoms with E-state index in [1.807, 2.05) is 54.7 Å². The van der Waals surface area contributed by atoms with Gasteiger partial charge in [0.1, 0.15) is 17.4 Å². The Kier molecular flexibility index (Phi) is 4.85. The van der Waals surface area contributed by atoms with Gasteiger partial charge in [0.15, 0.2) is 0 Å². The summed E-state index contributed by atoms with van der Waals surface area (Å²) in [4.78, 5) is 9.62. The Morgan fingerprint density at radius 3 is 2.79 bits per heavy atom. The van der Waals surface area contributed by atoms with E-state index in [4.69, 9.17) is 9.97 Å². The van der Waals surface area contributed by atoms with Crippen molar-refractivity contribution in [3.05, 3.63) is 66.5 Å². The molecule has 7 nitrogen and oxygen atoms in total. The van der Waals surface area contributed by atoms with Crippen LogP contribution in [0.5, 0.6) is 0 Å². The van der Waals surface area contributed by atoms with E-state index in [1.54, 1.807) is 6.07 Å². The van der Waals surface area contributed by atoms with Crippen LogP contribution in [0.2, 0.25) is 0 Å². The van der Waals surface area contributed by atoms with E-state index in [-0.39, 0.29) is 5.56 Å².